The number of nitrogens with one attached hydrogen (secondary N) is 1. The monoisotopic (exact) mass is 457 g/mol. The molecule has 34 heavy (non-hydrogen) atoms. The number of rotatable bonds is 6. The predicted octanol–water partition coefficient (Wildman–Crippen LogP) is 3.39. The van der Waals surface area contributed by atoms with Crippen LogP contribution in [0.25, 0.3) is 22.2 Å². The fraction of sp³-hybridized carbons (Fsp3) is 0.269. The molecule has 3 heterocycles. The van der Waals surface area contributed by atoms with Crippen LogP contribution >= 0.6 is 0 Å². The average molecular weight is 458 g/mol. The number of benzene rings is 2. The van der Waals surface area contributed by atoms with Gasteiger partial charge >= 0.3 is 0 Å². The van der Waals surface area contributed by atoms with E-state index in [1.807, 2.05) is 40.1 Å². The van der Waals surface area contributed by atoms with Crippen LogP contribution in [-0.4, -0.2) is 64.1 Å². The van der Waals surface area contributed by atoms with Crippen LogP contribution in [0.3, 0.4) is 0 Å². The first-order chi connectivity index (χ1) is 16.6. The Morgan fingerprint density at radius 3 is 2.41 bits per heavy atom. The van der Waals surface area contributed by atoms with Crippen LogP contribution in [0.15, 0.2) is 71.3 Å². The fourth-order valence-electron chi connectivity index (χ4n) is 4.43. The summed E-state index contributed by atoms with van der Waals surface area (Å²) in [5.74, 6) is 1.01. The Hall–Kier alpha value is -3.91. The normalized spacial score (nSPS) is 14.4. The molecule has 2 aromatic heterocycles. The molecular formula is C26H27N5O3. The Bertz CT molecular complexity index is 1300. The Morgan fingerprint density at radius 1 is 0.941 bits per heavy atom. The molecule has 1 aliphatic rings. The van der Waals surface area contributed by atoms with Gasteiger partial charge < -0.3 is 19.3 Å². The fourth-order valence-corrected chi connectivity index (χ4v) is 4.43. The molecule has 5 rings (SSSR count). The maximum atomic E-state index is 13.3. The Balaban J connectivity index is 1.22. The lowest BCUT2D eigenvalue weighted by molar-refractivity contribution is -0.133. The van der Waals surface area contributed by atoms with Crippen molar-refractivity contribution in [2.24, 2.45) is 0 Å². The van der Waals surface area contributed by atoms with Crippen LogP contribution in [0.5, 0.6) is 0 Å². The number of carbonyl (C=O) groups excluding carboxylic acids is 2. The summed E-state index contributed by atoms with van der Waals surface area (Å²) in [5, 5.41) is 7.65. The number of para-hydroxylation sites is 1. The van der Waals surface area contributed by atoms with Crippen molar-refractivity contribution in [3.63, 3.8) is 0 Å². The van der Waals surface area contributed by atoms with Crippen LogP contribution < -0.4 is 5.32 Å². The predicted molar refractivity (Wildman–Crippen MR) is 130 cm³/mol. The minimum atomic E-state index is -0.139. The molecule has 1 aliphatic heterocycles. The number of carbonyl (C=O) groups is 2. The molecular weight excluding hydrogens is 430 g/mol. The summed E-state index contributed by atoms with van der Waals surface area (Å²) >= 11 is 0. The molecule has 0 atom stereocenters. The number of aromatic nitrogens is 2. The number of piperazine rings is 1. The third kappa shape index (κ3) is 4.72. The van der Waals surface area contributed by atoms with Crippen molar-refractivity contribution in [1.29, 1.82) is 0 Å². The van der Waals surface area contributed by atoms with Gasteiger partial charge in [-0.3, -0.25) is 14.5 Å². The maximum absolute atomic E-state index is 13.3. The van der Waals surface area contributed by atoms with E-state index in [1.165, 1.54) is 0 Å². The van der Waals surface area contributed by atoms with Crippen LogP contribution in [0.4, 0.5) is 5.82 Å². The molecule has 1 saturated heterocycles. The molecule has 0 unspecified atom stereocenters. The smallest absolute Gasteiger partial charge is 0.242 e. The lowest BCUT2D eigenvalue weighted by Gasteiger charge is -2.34. The van der Waals surface area contributed by atoms with E-state index in [9.17, 15) is 9.59 Å². The van der Waals surface area contributed by atoms with Crippen molar-refractivity contribution in [3.05, 3.63) is 72.5 Å². The molecule has 174 valence electrons. The molecule has 1 N–H and O–H groups in total. The summed E-state index contributed by atoms with van der Waals surface area (Å²) in [7, 11) is 0. The lowest BCUT2D eigenvalue weighted by Crippen LogP contribution is -2.51. The van der Waals surface area contributed by atoms with Gasteiger partial charge in [0.15, 0.2) is 5.82 Å². The zero-order valence-electron chi connectivity index (χ0n) is 19.1. The van der Waals surface area contributed by atoms with Gasteiger partial charge in [0.05, 0.1) is 6.54 Å². The summed E-state index contributed by atoms with van der Waals surface area (Å²) in [4.78, 5) is 29.5. The van der Waals surface area contributed by atoms with Gasteiger partial charge in [-0.1, -0.05) is 53.7 Å². The van der Waals surface area contributed by atoms with Crippen molar-refractivity contribution in [3.8, 4) is 11.3 Å². The average Bonchev–Trinajstić information content (AvgIpc) is 3.43. The minimum absolute atomic E-state index is 0.0840. The second kappa shape index (κ2) is 9.52. The standard InChI is InChI=1S/C26H27N5O3/c1-19-15-24(28-34-19)27-25(32)17-29-11-13-30(14-12-29)26(33)18-31-22-10-6-5-9-21(22)16-23(31)20-7-3-2-4-8-20/h2-10,15-16H,11-14,17-18H2,1H3,(H,27,28,32). The van der Waals surface area contributed by atoms with E-state index in [2.05, 4.69) is 45.4 Å². The molecule has 0 spiro atoms. The van der Waals surface area contributed by atoms with E-state index in [4.69, 9.17) is 4.52 Å². The van der Waals surface area contributed by atoms with Gasteiger partial charge in [-0.2, -0.15) is 0 Å². The van der Waals surface area contributed by atoms with Gasteiger partial charge in [0.25, 0.3) is 0 Å². The van der Waals surface area contributed by atoms with Gasteiger partial charge in [0.2, 0.25) is 11.8 Å². The zero-order chi connectivity index (χ0) is 23.5. The highest BCUT2D eigenvalue weighted by Crippen LogP contribution is 2.28. The van der Waals surface area contributed by atoms with Crippen molar-refractivity contribution in [2.75, 3.05) is 38.0 Å². The number of anilines is 1. The van der Waals surface area contributed by atoms with Crippen molar-refractivity contribution in [2.45, 2.75) is 13.5 Å². The van der Waals surface area contributed by atoms with E-state index in [-0.39, 0.29) is 24.9 Å². The highest BCUT2D eigenvalue weighted by Gasteiger charge is 2.24. The largest absolute Gasteiger partial charge is 0.360 e. The van der Waals surface area contributed by atoms with Gasteiger partial charge in [0, 0.05) is 48.8 Å². The van der Waals surface area contributed by atoms with Gasteiger partial charge in [-0.25, -0.2) is 0 Å². The Kier molecular flexibility index (Phi) is 6.14. The summed E-state index contributed by atoms with van der Waals surface area (Å²) in [6, 6.07) is 22.1. The second-order valence-corrected chi connectivity index (χ2v) is 8.57. The number of aryl methyl sites for hydroxylation is 1. The summed E-state index contributed by atoms with van der Waals surface area (Å²) < 4.78 is 7.08. The Labute approximate surface area is 197 Å². The first-order valence-electron chi connectivity index (χ1n) is 11.4. The van der Waals surface area contributed by atoms with Gasteiger partial charge in [-0.05, 0) is 24.6 Å². The Morgan fingerprint density at radius 2 is 1.68 bits per heavy atom. The van der Waals surface area contributed by atoms with Crippen LogP contribution in [0.1, 0.15) is 5.76 Å². The quantitative estimate of drug-likeness (QED) is 0.480. The number of nitrogens with zero attached hydrogens (tertiary/aromatic N) is 4. The van der Waals surface area contributed by atoms with Crippen molar-refractivity contribution >= 4 is 28.5 Å². The second-order valence-electron chi connectivity index (χ2n) is 8.57. The molecule has 0 saturated carbocycles. The summed E-state index contributed by atoms with van der Waals surface area (Å²) in [6.45, 7) is 4.80. The SMILES string of the molecule is Cc1cc(NC(=O)CN2CCN(C(=O)Cn3c(-c4ccccc4)cc4ccccc43)CC2)no1. The number of fused-ring (bicyclic) bond motifs is 1. The van der Waals surface area contributed by atoms with Crippen molar-refractivity contribution in [1.82, 2.24) is 19.5 Å². The first kappa shape index (κ1) is 21.9. The number of hydrogen-bond acceptors (Lipinski definition) is 5. The van der Waals surface area contributed by atoms with E-state index < -0.39 is 0 Å². The molecule has 8 heteroatoms. The molecule has 0 radical (unpaired) electrons. The highest BCUT2D eigenvalue weighted by atomic mass is 16.5. The van der Waals surface area contributed by atoms with E-state index in [1.54, 1.807) is 13.0 Å². The van der Waals surface area contributed by atoms with Gasteiger partial charge in [-0.15, -0.1) is 0 Å². The van der Waals surface area contributed by atoms with Crippen LogP contribution in [0.2, 0.25) is 0 Å². The molecule has 2 aromatic carbocycles. The molecule has 0 bridgehead atoms. The topological polar surface area (TPSA) is 83.6 Å². The van der Waals surface area contributed by atoms with E-state index in [0.29, 0.717) is 37.8 Å². The number of amides is 2. The van der Waals surface area contributed by atoms with Crippen molar-refractivity contribution < 1.29 is 14.1 Å². The van der Waals surface area contributed by atoms with Crippen LogP contribution in [-0.2, 0) is 16.1 Å². The van der Waals surface area contributed by atoms with E-state index in [0.717, 1.165) is 22.2 Å². The minimum Gasteiger partial charge on any atom is -0.360 e. The van der Waals surface area contributed by atoms with Crippen LogP contribution in [0, 0.1) is 6.92 Å². The summed E-state index contributed by atoms with van der Waals surface area (Å²) in [6.07, 6.45) is 0. The number of hydrogen-bond donors (Lipinski definition) is 1. The molecule has 1 fully saturated rings. The first-order valence-corrected chi connectivity index (χ1v) is 11.4. The van der Waals surface area contributed by atoms with Gasteiger partial charge in [0.1, 0.15) is 12.3 Å². The summed E-state index contributed by atoms with van der Waals surface area (Å²) in [5.41, 5.74) is 3.17. The molecule has 8 nitrogen and oxygen atoms in total. The highest BCUT2D eigenvalue weighted by molar-refractivity contribution is 5.91. The maximum Gasteiger partial charge on any atom is 0.242 e. The lowest BCUT2D eigenvalue weighted by atomic mass is 10.1. The third-order valence-electron chi connectivity index (χ3n) is 6.16. The molecule has 4 aromatic rings. The zero-order valence-corrected chi connectivity index (χ0v) is 19.1. The molecule has 2 amide bonds. The molecule has 0 aliphatic carbocycles. The third-order valence-corrected chi connectivity index (χ3v) is 6.16. The van der Waals surface area contributed by atoms with E-state index >= 15 is 0 Å².